The van der Waals surface area contributed by atoms with Gasteiger partial charge in [-0.05, 0) is 36.2 Å². The van der Waals surface area contributed by atoms with Crippen molar-refractivity contribution in [2.24, 2.45) is 5.84 Å². The molecule has 2 aromatic heterocycles. The maximum atomic E-state index is 5.53. The van der Waals surface area contributed by atoms with Gasteiger partial charge in [0.1, 0.15) is 11.8 Å². The van der Waals surface area contributed by atoms with E-state index in [0.717, 1.165) is 16.9 Å². The molecule has 0 aliphatic rings. The van der Waals surface area contributed by atoms with Crippen molar-refractivity contribution in [2.45, 2.75) is 13.0 Å². The second-order valence-electron chi connectivity index (χ2n) is 3.35. The van der Waals surface area contributed by atoms with Crippen LogP contribution in [0.15, 0.2) is 41.3 Å². The first-order chi connectivity index (χ1) is 7.33. The predicted molar refractivity (Wildman–Crippen MR) is 56.8 cm³/mol. The molecule has 0 aliphatic carbocycles. The number of aryl methyl sites for hydroxylation is 1. The fourth-order valence-electron chi connectivity index (χ4n) is 1.56. The average Bonchev–Trinajstić information content (AvgIpc) is 2.75. The van der Waals surface area contributed by atoms with Crippen molar-refractivity contribution in [3.8, 4) is 0 Å². The van der Waals surface area contributed by atoms with Gasteiger partial charge in [-0.25, -0.2) is 5.43 Å². The number of hydrazine groups is 1. The second-order valence-corrected chi connectivity index (χ2v) is 3.35. The smallest absolute Gasteiger partial charge is 0.126 e. The molecule has 0 aliphatic heterocycles. The van der Waals surface area contributed by atoms with E-state index < -0.39 is 0 Å². The van der Waals surface area contributed by atoms with Gasteiger partial charge in [-0.15, -0.1) is 0 Å². The summed E-state index contributed by atoms with van der Waals surface area (Å²) >= 11 is 0. The van der Waals surface area contributed by atoms with Crippen LogP contribution in [0.2, 0.25) is 0 Å². The zero-order chi connectivity index (χ0) is 10.7. The predicted octanol–water partition coefficient (Wildman–Crippen LogP) is 1.54. The SMILES string of the molecule is Cc1ccncc1C(NN)c1ccco1. The molecule has 0 fully saturated rings. The van der Waals surface area contributed by atoms with Gasteiger partial charge in [-0.3, -0.25) is 10.8 Å². The Bertz CT molecular complexity index is 425. The first kappa shape index (κ1) is 9.89. The summed E-state index contributed by atoms with van der Waals surface area (Å²) in [6.07, 6.45) is 5.18. The van der Waals surface area contributed by atoms with Crippen molar-refractivity contribution < 1.29 is 4.42 Å². The Balaban J connectivity index is 2.40. The Hall–Kier alpha value is -1.65. The molecular formula is C11H13N3O. The van der Waals surface area contributed by atoms with Crippen molar-refractivity contribution in [1.82, 2.24) is 10.4 Å². The van der Waals surface area contributed by atoms with Crippen molar-refractivity contribution >= 4 is 0 Å². The lowest BCUT2D eigenvalue weighted by molar-refractivity contribution is 0.450. The van der Waals surface area contributed by atoms with Crippen LogP contribution in [0.3, 0.4) is 0 Å². The number of nitrogens with one attached hydrogen (secondary N) is 1. The molecule has 0 amide bonds. The lowest BCUT2D eigenvalue weighted by Crippen LogP contribution is -2.29. The summed E-state index contributed by atoms with van der Waals surface area (Å²) in [7, 11) is 0. The number of hydrogen-bond acceptors (Lipinski definition) is 4. The van der Waals surface area contributed by atoms with Gasteiger partial charge in [-0.1, -0.05) is 0 Å². The van der Waals surface area contributed by atoms with Crippen molar-refractivity contribution in [3.63, 3.8) is 0 Å². The monoisotopic (exact) mass is 203 g/mol. The molecule has 2 rings (SSSR count). The van der Waals surface area contributed by atoms with Crippen molar-refractivity contribution in [1.29, 1.82) is 0 Å². The fourth-order valence-corrected chi connectivity index (χ4v) is 1.56. The molecule has 4 nitrogen and oxygen atoms in total. The van der Waals surface area contributed by atoms with Gasteiger partial charge >= 0.3 is 0 Å². The van der Waals surface area contributed by atoms with Gasteiger partial charge in [0.25, 0.3) is 0 Å². The number of nitrogens with two attached hydrogens (primary N) is 1. The molecule has 3 N–H and O–H groups in total. The molecule has 15 heavy (non-hydrogen) atoms. The highest BCUT2D eigenvalue weighted by atomic mass is 16.3. The Morgan fingerprint density at radius 3 is 2.93 bits per heavy atom. The van der Waals surface area contributed by atoms with Gasteiger partial charge in [-0.2, -0.15) is 0 Å². The largest absolute Gasteiger partial charge is 0.467 e. The quantitative estimate of drug-likeness (QED) is 0.586. The number of hydrogen-bond donors (Lipinski definition) is 2. The van der Waals surface area contributed by atoms with Gasteiger partial charge in [0, 0.05) is 12.4 Å². The van der Waals surface area contributed by atoms with E-state index in [9.17, 15) is 0 Å². The van der Waals surface area contributed by atoms with Crippen LogP contribution in [0, 0.1) is 6.92 Å². The van der Waals surface area contributed by atoms with E-state index in [1.165, 1.54) is 0 Å². The highest BCUT2D eigenvalue weighted by Crippen LogP contribution is 2.23. The number of furan rings is 1. The Kier molecular flexibility index (Phi) is 2.80. The minimum Gasteiger partial charge on any atom is -0.467 e. The first-order valence-corrected chi connectivity index (χ1v) is 4.73. The number of aromatic nitrogens is 1. The van der Waals surface area contributed by atoms with E-state index >= 15 is 0 Å². The summed E-state index contributed by atoms with van der Waals surface area (Å²) < 4.78 is 5.33. The minimum atomic E-state index is -0.145. The molecule has 2 heterocycles. The fraction of sp³-hybridized carbons (Fsp3) is 0.182. The van der Waals surface area contributed by atoms with Crippen LogP contribution in [0.5, 0.6) is 0 Å². The molecule has 1 atom stereocenters. The maximum absolute atomic E-state index is 5.53. The van der Waals surface area contributed by atoms with Crippen LogP contribution in [0.25, 0.3) is 0 Å². The zero-order valence-corrected chi connectivity index (χ0v) is 8.47. The molecule has 4 heteroatoms. The minimum absolute atomic E-state index is 0.145. The van der Waals surface area contributed by atoms with E-state index in [0.29, 0.717) is 0 Å². The Labute approximate surface area is 88.1 Å². The molecule has 0 bridgehead atoms. The maximum Gasteiger partial charge on any atom is 0.126 e. The van der Waals surface area contributed by atoms with Gasteiger partial charge < -0.3 is 4.42 Å². The molecule has 0 radical (unpaired) electrons. The van der Waals surface area contributed by atoms with Crippen LogP contribution < -0.4 is 11.3 Å². The standard InChI is InChI=1S/C11H13N3O/c1-8-4-5-13-7-9(8)11(14-12)10-3-2-6-15-10/h2-7,11,14H,12H2,1H3. The van der Waals surface area contributed by atoms with E-state index in [2.05, 4.69) is 10.4 Å². The molecule has 1 unspecified atom stereocenters. The van der Waals surface area contributed by atoms with Gasteiger partial charge in [0.15, 0.2) is 0 Å². The summed E-state index contributed by atoms with van der Waals surface area (Å²) in [6.45, 7) is 2.02. The number of rotatable bonds is 3. The Morgan fingerprint density at radius 2 is 2.33 bits per heavy atom. The van der Waals surface area contributed by atoms with Crippen LogP contribution in [0.4, 0.5) is 0 Å². The molecule has 78 valence electrons. The summed E-state index contributed by atoms with van der Waals surface area (Å²) in [4.78, 5) is 4.09. The second kappa shape index (κ2) is 4.25. The van der Waals surface area contributed by atoms with Crippen molar-refractivity contribution in [2.75, 3.05) is 0 Å². The van der Waals surface area contributed by atoms with E-state index in [4.69, 9.17) is 10.3 Å². The third-order valence-electron chi connectivity index (χ3n) is 2.38. The molecular weight excluding hydrogens is 190 g/mol. The highest BCUT2D eigenvalue weighted by molar-refractivity contribution is 5.30. The van der Waals surface area contributed by atoms with Crippen LogP contribution >= 0.6 is 0 Å². The molecule has 0 aromatic carbocycles. The van der Waals surface area contributed by atoms with Crippen LogP contribution in [0.1, 0.15) is 22.9 Å². The topological polar surface area (TPSA) is 64.1 Å². The highest BCUT2D eigenvalue weighted by Gasteiger charge is 2.16. The zero-order valence-electron chi connectivity index (χ0n) is 8.47. The summed E-state index contributed by atoms with van der Waals surface area (Å²) in [5.74, 6) is 6.31. The lowest BCUT2D eigenvalue weighted by atomic mass is 10.0. The lowest BCUT2D eigenvalue weighted by Gasteiger charge is -2.15. The van der Waals surface area contributed by atoms with Gasteiger partial charge in [0.05, 0.1) is 6.26 Å². The summed E-state index contributed by atoms with van der Waals surface area (Å²) in [6, 6.07) is 5.53. The molecule has 0 saturated carbocycles. The average molecular weight is 203 g/mol. The third-order valence-corrected chi connectivity index (χ3v) is 2.38. The van der Waals surface area contributed by atoms with E-state index in [1.54, 1.807) is 18.7 Å². The van der Waals surface area contributed by atoms with Gasteiger partial charge in [0.2, 0.25) is 0 Å². The molecule has 2 aromatic rings. The third kappa shape index (κ3) is 1.91. The normalized spacial score (nSPS) is 12.7. The molecule has 0 spiro atoms. The van der Waals surface area contributed by atoms with Crippen LogP contribution in [-0.4, -0.2) is 4.98 Å². The summed E-state index contributed by atoms with van der Waals surface area (Å²) in [5.41, 5.74) is 4.88. The Morgan fingerprint density at radius 1 is 1.47 bits per heavy atom. The van der Waals surface area contributed by atoms with E-state index in [-0.39, 0.29) is 6.04 Å². The summed E-state index contributed by atoms with van der Waals surface area (Å²) in [5, 5.41) is 0. The number of nitrogens with zero attached hydrogens (tertiary/aromatic N) is 1. The first-order valence-electron chi connectivity index (χ1n) is 4.73. The molecule has 0 saturated heterocycles. The van der Waals surface area contributed by atoms with Crippen LogP contribution in [-0.2, 0) is 0 Å². The number of pyridine rings is 1. The van der Waals surface area contributed by atoms with Crippen molar-refractivity contribution in [3.05, 3.63) is 53.7 Å². The van der Waals surface area contributed by atoms with E-state index in [1.807, 2.05) is 25.1 Å².